The number of carbonyl (C=O) groups is 3. The third kappa shape index (κ3) is 5.66. The van der Waals surface area contributed by atoms with E-state index in [9.17, 15) is 14.4 Å². The third-order valence-corrected chi connectivity index (χ3v) is 10.7. The van der Waals surface area contributed by atoms with Crippen LogP contribution in [-0.2, 0) is 19.1 Å². The van der Waals surface area contributed by atoms with E-state index in [2.05, 4.69) is 20.0 Å². The number of hydrogen-bond acceptors (Lipinski definition) is 7. The maximum Gasteiger partial charge on any atom is 0.256 e. The lowest BCUT2D eigenvalue weighted by Crippen LogP contribution is -2.74. The number of piperazine rings is 1. The minimum Gasteiger partial charge on any atom is -0.369 e. The van der Waals surface area contributed by atoms with Crippen LogP contribution in [0.1, 0.15) is 52.4 Å². The van der Waals surface area contributed by atoms with Crippen LogP contribution in [0.3, 0.4) is 0 Å². The van der Waals surface area contributed by atoms with Crippen molar-refractivity contribution in [2.75, 3.05) is 52.4 Å². The van der Waals surface area contributed by atoms with Gasteiger partial charge in [0, 0.05) is 62.7 Å². The normalized spacial score (nSPS) is 38.0. The van der Waals surface area contributed by atoms with Gasteiger partial charge in [-0.25, -0.2) is 4.39 Å². The maximum atomic E-state index is 16.2. The second-order valence-corrected chi connectivity index (χ2v) is 13.7. The molecule has 3 saturated heterocycles. The minimum absolute atomic E-state index is 0.00609. The summed E-state index contributed by atoms with van der Waals surface area (Å²) < 4.78 is 23.0. The van der Waals surface area contributed by atoms with E-state index in [-0.39, 0.29) is 59.1 Å². The number of fused-ring (bicyclic) bond motifs is 2. The third-order valence-electron chi connectivity index (χ3n) is 10.3. The number of morpholine rings is 1. The van der Waals surface area contributed by atoms with E-state index < -0.39 is 24.2 Å². The Morgan fingerprint density at radius 2 is 1.80 bits per heavy atom. The molecule has 0 radical (unpaired) electrons. The molecular weight excluding hydrogens is 549 g/mol. The highest BCUT2D eigenvalue weighted by Gasteiger charge is 2.60. The zero-order chi connectivity index (χ0) is 28.8. The van der Waals surface area contributed by atoms with E-state index in [1.807, 2.05) is 18.7 Å². The van der Waals surface area contributed by atoms with Crippen LogP contribution in [0.15, 0.2) is 11.8 Å². The van der Waals surface area contributed by atoms with E-state index in [4.69, 9.17) is 16.3 Å². The fourth-order valence-electron chi connectivity index (χ4n) is 8.17. The lowest BCUT2D eigenvalue weighted by Gasteiger charge is -2.61. The zero-order valence-electron chi connectivity index (χ0n) is 24.4. The van der Waals surface area contributed by atoms with Crippen molar-refractivity contribution in [3.8, 4) is 0 Å². The second kappa shape index (κ2) is 12.1. The fourth-order valence-corrected chi connectivity index (χ4v) is 8.47. The SMILES string of the molecule is CC(C)C(=O)N1CCN(C2C(F)CC3C(=O)C(C(=O)NCCN4CCCC4)=CN4C5CCC(Cl)CC5OC2C34)CC1. The van der Waals surface area contributed by atoms with Gasteiger partial charge < -0.3 is 24.8 Å². The van der Waals surface area contributed by atoms with Gasteiger partial charge in [-0.1, -0.05) is 13.8 Å². The van der Waals surface area contributed by atoms with Crippen LogP contribution in [0, 0.1) is 11.8 Å². The number of ether oxygens (including phenoxy) is 1. The summed E-state index contributed by atoms with van der Waals surface area (Å²) >= 11 is 6.59. The first kappa shape index (κ1) is 29.3. The van der Waals surface area contributed by atoms with Crippen LogP contribution < -0.4 is 5.32 Å². The molecule has 2 aliphatic carbocycles. The van der Waals surface area contributed by atoms with Crippen LogP contribution in [-0.4, -0.2) is 131 Å². The monoisotopic (exact) mass is 593 g/mol. The summed E-state index contributed by atoms with van der Waals surface area (Å²) in [6.07, 6.45) is 4.54. The van der Waals surface area contributed by atoms with Crippen molar-refractivity contribution in [3.63, 3.8) is 0 Å². The Balaban J connectivity index is 1.23. The van der Waals surface area contributed by atoms with E-state index in [0.29, 0.717) is 39.1 Å². The Morgan fingerprint density at radius 3 is 2.51 bits per heavy atom. The molecule has 11 heteroatoms. The molecule has 5 fully saturated rings. The molecule has 4 heterocycles. The molecule has 6 aliphatic rings. The molecule has 2 saturated carbocycles. The topological polar surface area (TPSA) is 85.4 Å². The van der Waals surface area contributed by atoms with Crippen LogP contribution in [0.5, 0.6) is 0 Å². The van der Waals surface area contributed by atoms with E-state index >= 15 is 4.39 Å². The molecule has 0 spiro atoms. The van der Waals surface area contributed by atoms with Gasteiger partial charge in [0.25, 0.3) is 5.91 Å². The number of ketones is 1. The van der Waals surface area contributed by atoms with Crippen molar-refractivity contribution in [1.82, 2.24) is 24.9 Å². The summed E-state index contributed by atoms with van der Waals surface area (Å²) in [5.41, 5.74) is 0.145. The highest BCUT2D eigenvalue weighted by Crippen LogP contribution is 2.47. The molecule has 41 heavy (non-hydrogen) atoms. The molecule has 9 nitrogen and oxygen atoms in total. The van der Waals surface area contributed by atoms with Crippen molar-refractivity contribution in [3.05, 3.63) is 11.8 Å². The quantitative estimate of drug-likeness (QED) is 0.371. The number of amides is 2. The number of nitrogens with one attached hydrogen (secondary N) is 1. The van der Waals surface area contributed by atoms with Gasteiger partial charge >= 0.3 is 0 Å². The van der Waals surface area contributed by atoms with Crippen molar-refractivity contribution in [2.24, 2.45) is 11.8 Å². The first-order chi connectivity index (χ1) is 19.7. The maximum absolute atomic E-state index is 16.2. The van der Waals surface area contributed by atoms with E-state index in [1.54, 1.807) is 6.20 Å². The summed E-state index contributed by atoms with van der Waals surface area (Å²) in [6.45, 7) is 9.40. The number of halogens is 2. The molecule has 0 aromatic rings. The number of rotatable bonds is 6. The molecule has 8 atom stereocenters. The molecular formula is C30H45ClFN5O4. The molecule has 2 amide bonds. The first-order valence-corrected chi connectivity index (χ1v) is 16.2. The average Bonchev–Trinajstić information content (AvgIpc) is 3.47. The molecule has 8 unspecified atom stereocenters. The molecule has 1 N–H and O–H groups in total. The largest absolute Gasteiger partial charge is 0.369 e. The van der Waals surface area contributed by atoms with Gasteiger partial charge in [-0.15, -0.1) is 11.6 Å². The summed E-state index contributed by atoms with van der Waals surface area (Å²) in [5, 5.41) is 2.96. The van der Waals surface area contributed by atoms with Gasteiger partial charge in [0.05, 0.1) is 35.9 Å². The fraction of sp³-hybridized carbons (Fsp3) is 0.833. The Hall–Kier alpha value is -1.75. The summed E-state index contributed by atoms with van der Waals surface area (Å²) in [4.78, 5) is 48.2. The lowest BCUT2D eigenvalue weighted by atomic mass is 9.69. The van der Waals surface area contributed by atoms with Gasteiger partial charge in [-0.05, 0) is 51.6 Å². The molecule has 4 aliphatic heterocycles. The Labute approximate surface area is 247 Å². The van der Waals surface area contributed by atoms with Gasteiger partial charge in [-0.2, -0.15) is 0 Å². The van der Waals surface area contributed by atoms with E-state index in [0.717, 1.165) is 32.5 Å². The van der Waals surface area contributed by atoms with Crippen molar-refractivity contribution in [1.29, 1.82) is 0 Å². The Kier molecular flexibility index (Phi) is 8.65. The number of alkyl halides is 2. The number of Topliss-reactive ketones (excluding diaryl/α,β-unsaturated/α-hetero) is 1. The molecule has 6 rings (SSSR count). The predicted octanol–water partition coefficient (Wildman–Crippen LogP) is 1.79. The van der Waals surface area contributed by atoms with E-state index in [1.165, 1.54) is 12.8 Å². The van der Waals surface area contributed by atoms with Gasteiger partial charge in [-0.3, -0.25) is 19.3 Å². The Bertz CT molecular complexity index is 1050. The number of hydrogen-bond donors (Lipinski definition) is 1. The highest BCUT2D eigenvalue weighted by molar-refractivity contribution is 6.21. The summed E-state index contributed by atoms with van der Waals surface area (Å²) in [7, 11) is 0. The van der Waals surface area contributed by atoms with Crippen LogP contribution in [0.25, 0.3) is 0 Å². The molecule has 0 aromatic heterocycles. The van der Waals surface area contributed by atoms with Crippen molar-refractivity contribution >= 4 is 29.2 Å². The number of likely N-dealkylation sites (tertiary alicyclic amines) is 1. The zero-order valence-corrected chi connectivity index (χ0v) is 25.1. The Morgan fingerprint density at radius 1 is 1.07 bits per heavy atom. The molecule has 0 bridgehead atoms. The lowest BCUT2D eigenvalue weighted by molar-refractivity contribution is -0.212. The number of carbonyl (C=O) groups excluding carboxylic acids is 3. The molecule has 0 aromatic carbocycles. The highest BCUT2D eigenvalue weighted by atomic mass is 35.5. The van der Waals surface area contributed by atoms with Crippen LogP contribution >= 0.6 is 11.6 Å². The second-order valence-electron chi connectivity index (χ2n) is 13.1. The summed E-state index contributed by atoms with van der Waals surface area (Å²) in [6, 6.07) is -0.820. The van der Waals surface area contributed by atoms with Crippen LogP contribution in [0.4, 0.5) is 4.39 Å². The summed E-state index contributed by atoms with van der Waals surface area (Å²) in [5.74, 6) is -1.20. The van der Waals surface area contributed by atoms with Gasteiger partial charge in [0.2, 0.25) is 5.91 Å². The minimum atomic E-state index is -1.27. The number of nitrogens with zero attached hydrogens (tertiary/aromatic N) is 4. The average molecular weight is 594 g/mol. The predicted molar refractivity (Wildman–Crippen MR) is 153 cm³/mol. The smallest absolute Gasteiger partial charge is 0.256 e. The first-order valence-electron chi connectivity index (χ1n) is 15.7. The van der Waals surface area contributed by atoms with Crippen LogP contribution in [0.2, 0.25) is 0 Å². The standard InChI is InChI=1S/C30H45ClFN5O4/c1-18(2)30(40)36-13-11-35(12-14-36)26-22(32)16-20-25-28(26)41-24-15-19(31)5-6-23(24)37(25)17-21(27(20)38)29(39)33-7-10-34-8-3-4-9-34/h17-20,22-26,28H,3-16H2,1-2H3,(H,33,39). The van der Waals surface area contributed by atoms with Crippen molar-refractivity contribution in [2.45, 2.75) is 94.3 Å². The van der Waals surface area contributed by atoms with Gasteiger partial charge in [0.1, 0.15) is 6.17 Å². The van der Waals surface area contributed by atoms with Gasteiger partial charge in [0.15, 0.2) is 5.78 Å². The molecule has 228 valence electrons. The van der Waals surface area contributed by atoms with Crippen molar-refractivity contribution < 1.29 is 23.5 Å².